The van der Waals surface area contributed by atoms with Crippen molar-refractivity contribution in [3.63, 3.8) is 0 Å². The Kier molecular flexibility index (Phi) is 2.02. The summed E-state index contributed by atoms with van der Waals surface area (Å²) in [5.74, 6) is -4.81. The van der Waals surface area contributed by atoms with E-state index in [9.17, 15) is 19.8 Å². The Labute approximate surface area is 132 Å². The summed E-state index contributed by atoms with van der Waals surface area (Å²) in [4.78, 5) is 23.9. The fourth-order valence-electron chi connectivity index (χ4n) is 0.581. The Hall–Kier alpha value is -1.14. The summed E-state index contributed by atoms with van der Waals surface area (Å²) in [6.07, 6.45) is -22.7. The van der Waals surface area contributed by atoms with Gasteiger partial charge in [0.2, 0.25) is 0 Å². The van der Waals surface area contributed by atoms with Gasteiger partial charge in [0.1, 0.15) is 0 Å². The van der Waals surface area contributed by atoms with Gasteiger partial charge < -0.3 is 19.7 Å². The maximum absolute atomic E-state index is 12.0. The number of ether oxygens (including phenoxy) is 2. The van der Waals surface area contributed by atoms with Crippen LogP contribution in [0, 0.1) is 0 Å². The molecule has 6 nitrogen and oxygen atoms in total. The Bertz CT molecular complexity index is 761. The molecular formula is C12H22O6. The van der Waals surface area contributed by atoms with Crippen LogP contribution in [-0.2, 0) is 19.1 Å². The van der Waals surface area contributed by atoms with Gasteiger partial charge in [-0.15, -0.1) is 0 Å². The molecule has 0 aliphatic carbocycles. The molecule has 0 saturated carbocycles. The van der Waals surface area contributed by atoms with Crippen molar-refractivity contribution >= 4 is 11.9 Å². The zero-order chi connectivity index (χ0) is 29.7. The van der Waals surface area contributed by atoms with Gasteiger partial charge in [-0.3, -0.25) is 0 Å². The van der Waals surface area contributed by atoms with Crippen LogP contribution in [-0.4, -0.2) is 47.5 Å². The van der Waals surface area contributed by atoms with Gasteiger partial charge in [0, 0.05) is 19.2 Å². The summed E-state index contributed by atoms with van der Waals surface area (Å²) in [5, 5.41) is 19.5. The molecule has 0 fully saturated rings. The molecule has 0 rings (SSSR count). The molecule has 0 aliphatic heterocycles. The zero-order valence-corrected chi connectivity index (χ0v) is 8.68. The van der Waals surface area contributed by atoms with Gasteiger partial charge in [-0.1, -0.05) is 26.4 Å². The SMILES string of the molecule is [2H]C([2H])([2H])C([2H])([2H])C([2H])([2H])C([2H])([2H])OC(=O)[C@H](O)[C@@H](O)C(=O)OC([2H])([2H])C([2H])([2H])C([2H])([2H])C([2H])([2H])[2H]. The van der Waals surface area contributed by atoms with E-state index in [0.717, 1.165) is 0 Å². The molecule has 0 saturated heterocycles. The molecule has 2 N–H and O–H groups in total. The lowest BCUT2D eigenvalue weighted by atomic mass is 10.2. The van der Waals surface area contributed by atoms with Crippen molar-refractivity contribution in [3.8, 4) is 0 Å². The molecule has 2 atom stereocenters. The van der Waals surface area contributed by atoms with Crippen molar-refractivity contribution in [1.82, 2.24) is 0 Å². The topological polar surface area (TPSA) is 93.1 Å². The van der Waals surface area contributed by atoms with Crippen LogP contribution >= 0.6 is 0 Å². The summed E-state index contributed by atoms with van der Waals surface area (Å²) < 4.78 is 139. The van der Waals surface area contributed by atoms with E-state index in [1.165, 1.54) is 0 Å². The molecule has 106 valence electrons. The number of rotatable bonds is 9. The quantitative estimate of drug-likeness (QED) is 0.594. The minimum absolute atomic E-state index is 2.41. The minimum atomic E-state index is -4.16. The Morgan fingerprint density at radius 2 is 1.44 bits per heavy atom. The first-order valence-electron chi connectivity index (χ1n) is 13.2. The molecule has 0 heterocycles. The number of carbonyl (C=O) groups excluding carboxylic acids is 2. The van der Waals surface area contributed by atoms with Crippen LogP contribution in [0.25, 0.3) is 0 Å². The van der Waals surface area contributed by atoms with Gasteiger partial charge >= 0.3 is 11.9 Å². The summed E-state index contributed by atoms with van der Waals surface area (Å²) in [6.45, 7) is -15.9. The fourth-order valence-corrected chi connectivity index (χ4v) is 0.581. The first-order valence-corrected chi connectivity index (χ1v) is 4.15. The zero-order valence-electron chi connectivity index (χ0n) is 26.7. The molecule has 0 aromatic rings. The normalized spacial score (nSPS) is 34.8. The highest BCUT2D eigenvalue weighted by atomic mass is 16.6. The van der Waals surface area contributed by atoms with Crippen molar-refractivity contribution in [2.24, 2.45) is 0 Å². The second-order valence-corrected chi connectivity index (χ2v) is 2.44. The van der Waals surface area contributed by atoms with Crippen LogP contribution in [0.5, 0.6) is 0 Å². The Balaban J connectivity index is 5.81. The number of hydrogen-bond donors (Lipinski definition) is 2. The number of aliphatic hydroxyl groups is 2. The van der Waals surface area contributed by atoms with Gasteiger partial charge in [-0.2, -0.15) is 0 Å². The van der Waals surface area contributed by atoms with Gasteiger partial charge in [0.15, 0.2) is 12.2 Å². The Morgan fingerprint density at radius 3 is 1.78 bits per heavy atom. The molecule has 0 spiro atoms. The van der Waals surface area contributed by atoms with Crippen molar-refractivity contribution in [3.05, 3.63) is 0 Å². The number of esters is 2. The molecule has 0 bridgehead atoms. The maximum atomic E-state index is 12.0. The van der Waals surface area contributed by atoms with E-state index in [4.69, 9.17) is 24.7 Å². The predicted octanol–water partition coefficient (Wildman–Crippen LogP) is 0.395. The van der Waals surface area contributed by atoms with Crippen LogP contribution < -0.4 is 0 Å². The summed E-state index contributed by atoms with van der Waals surface area (Å²) in [5.41, 5.74) is 0. The van der Waals surface area contributed by atoms with Gasteiger partial charge in [-0.05, 0) is 12.7 Å². The lowest BCUT2D eigenvalue weighted by molar-refractivity contribution is -0.173. The van der Waals surface area contributed by atoms with E-state index in [1.807, 2.05) is 0 Å². The van der Waals surface area contributed by atoms with Crippen molar-refractivity contribution in [2.75, 3.05) is 13.1 Å². The molecular weight excluding hydrogens is 240 g/mol. The first kappa shape index (κ1) is 3.70. The first-order chi connectivity index (χ1) is 15.3. The molecule has 0 aliphatic rings. The molecule has 0 aromatic heterocycles. The third-order valence-electron chi connectivity index (χ3n) is 1.31. The standard InChI is InChI=1S/C12H22O6/c1-3-5-7-17-11(15)9(13)10(14)12(16)18-8-6-4-2/h9-10,13-14H,3-8H2,1-2H3/t9-,10-/m1/s1/i1D3,2D3,3D2,4D2,5D2,6D2,7D2,8D2. The smallest absolute Gasteiger partial charge is 0.338 e. The fraction of sp³-hybridized carbons (Fsp3) is 0.833. The monoisotopic (exact) mass is 280 g/mol. The van der Waals surface area contributed by atoms with E-state index < -0.39 is 76.5 Å². The van der Waals surface area contributed by atoms with Crippen molar-refractivity contribution in [2.45, 2.75) is 51.4 Å². The van der Waals surface area contributed by atoms with Crippen LogP contribution in [0.1, 0.15) is 63.9 Å². The molecule has 18 heavy (non-hydrogen) atoms. The van der Waals surface area contributed by atoms with Crippen LogP contribution in [0.2, 0.25) is 0 Å². The highest BCUT2D eigenvalue weighted by Gasteiger charge is 2.32. The molecule has 0 amide bonds. The van der Waals surface area contributed by atoms with E-state index in [1.54, 1.807) is 0 Å². The van der Waals surface area contributed by atoms with E-state index in [0.29, 0.717) is 0 Å². The lowest BCUT2D eigenvalue weighted by Crippen LogP contribution is -2.41. The van der Waals surface area contributed by atoms with E-state index in [2.05, 4.69) is 9.47 Å². The minimum Gasteiger partial charge on any atom is -0.464 e. The highest BCUT2D eigenvalue weighted by Crippen LogP contribution is 2.02. The van der Waals surface area contributed by atoms with Gasteiger partial charge in [-0.25, -0.2) is 9.59 Å². The van der Waals surface area contributed by atoms with Gasteiger partial charge in [0.25, 0.3) is 0 Å². The molecule has 6 heteroatoms. The average molecular weight is 280 g/mol. The molecule has 0 aromatic carbocycles. The number of aliphatic hydroxyl groups excluding tert-OH is 2. The summed E-state index contributed by atoms with van der Waals surface area (Å²) in [7, 11) is 0. The van der Waals surface area contributed by atoms with Crippen LogP contribution in [0.15, 0.2) is 0 Å². The third-order valence-corrected chi connectivity index (χ3v) is 1.31. The third kappa shape index (κ3) is 6.56. The second-order valence-electron chi connectivity index (χ2n) is 2.44. The summed E-state index contributed by atoms with van der Waals surface area (Å²) >= 11 is 0. The van der Waals surface area contributed by atoms with Crippen molar-refractivity contribution < 1.29 is 53.9 Å². The van der Waals surface area contributed by atoms with E-state index >= 15 is 0 Å². The molecule has 0 unspecified atom stereocenters. The number of hydrogen-bond acceptors (Lipinski definition) is 6. The maximum Gasteiger partial charge on any atom is 0.338 e. The van der Waals surface area contributed by atoms with Crippen molar-refractivity contribution in [1.29, 1.82) is 0 Å². The van der Waals surface area contributed by atoms with Gasteiger partial charge in [0.05, 0.1) is 18.6 Å². The average Bonchev–Trinajstić information content (AvgIpc) is 2.63. The second kappa shape index (κ2) is 9.85. The predicted molar refractivity (Wildman–Crippen MR) is 63.7 cm³/mol. The molecule has 0 radical (unpaired) electrons. The van der Waals surface area contributed by atoms with E-state index in [-0.39, 0.29) is 0 Å². The summed E-state index contributed by atoms with van der Waals surface area (Å²) in [6, 6.07) is 0. The Morgan fingerprint density at radius 1 is 1.06 bits per heavy atom. The highest BCUT2D eigenvalue weighted by molar-refractivity contribution is 5.85. The largest absolute Gasteiger partial charge is 0.464 e. The van der Waals surface area contributed by atoms with Crippen LogP contribution in [0.3, 0.4) is 0 Å². The van der Waals surface area contributed by atoms with Crippen LogP contribution in [0.4, 0.5) is 0 Å². The number of carbonyl (C=O) groups is 2. The lowest BCUT2D eigenvalue weighted by Gasteiger charge is -2.15.